The molecule has 7 heteroatoms. The van der Waals surface area contributed by atoms with E-state index in [0.717, 1.165) is 10.0 Å². The quantitative estimate of drug-likeness (QED) is 0.927. The predicted molar refractivity (Wildman–Crippen MR) is 69.3 cm³/mol. The van der Waals surface area contributed by atoms with E-state index in [4.69, 9.17) is 15.2 Å². The van der Waals surface area contributed by atoms with E-state index in [9.17, 15) is 0 Å². The molecule has 0 radical (unpaired) electrons. The Kier molecular flexibility index (Phi) is 3.93. The Bertz CT molecular complexity index is 550. The van der Waals surface area contributed by atoms with E-state index in [1.165, 1.54) is 7.11 Å². The molecule has 0 aliphatic rings. The number of halogens is 1. The standard InChI is InChI=1S/C11H11BrN4O2/c1-17-10-14-9(13)15-11(16-10)18-6-7-4-2-3-5-8(7)12/h2-5H,6H2,1H3,(H2,13,14,15,16). The molecule has 0 aliphatic carbocycles. The van der Waals surface area contributed by atoms with Crippen LogP contribution in [0.5, 0.6) is 12.0 Å². The van der Waals surface area contributed by atoms with Gasteiger partial charge in [-0.2, -0.15) is 9.97 Å². The number of nitrogens with zero attached hydrogens (tertiary/aromatic N) is 3. The molecule has 2 N–H and O–H groups in total. The van der Waals surface area contributed by atoms with Gasteiger partial charge >= 0.3 is 12.0 Å². The Morgan fingerprint density at radius 2 is 1.89 bits per heavy atom. The fourth-order valence-corrected chi connectivity index (χ4v) is 1.67. The van der Waals surface area contributed by atoms with E-state index in [0.29, 0.717) is 6.61 Å². The van der Waals surface area contributed by atoms with Crippen LogP contribution in [0.1, 0.15) is 5.56 Å². The molecule has 0 saturated heterocycles. The van der Waals surface area contributed by atoms with Gasteiger partial charge in [0, 0.05) is 10.0 Å². The second-order valence-electron chi connectivity index (χ2n) is 3.34. The molecule has 0 unspecified atom stereocenters. The van der Waals surface area contributed by atoms with Gasteiger partial charge in [-0.15, -0.1) is 4.98 Å². The fourth-order valence-electron chi connectivity index (χ4n) is 1.27. The van der Waals surface area contributed by atoms with Crippen molar-refractivity contribution in [2.24, 2.45) is 0 Å². The van der Waals surface area contributed by atoms with Gasteiger partial charge in [0.25, 0.3) is 0 Å². The summed E-state index contributed by atoms with van der Waals surface area (Å²) >= 11 is 3.43. The number of aromatic nitrogens is 3. The van der Waals surface area contributed by atoms with Crippen molar-refractivity contribution in [3.05, 3.63) is 34.3 Å². The van der Waals surface area contributed by atoms with Crippen LogP contribution < -0.4 is 15.2 Å². The average molecular weight is 311 g/mol. The van der Waals surface area contributed by atoms with E-state index in [-0.39, 0.29) is 18.0 Å². The Morgan fingerprint density at radius 1 is 1.17 bits per heavy atom. The van der Waals surface area contributed by atoms with Crippen molar-refractivity contribution in [1.29, 1.82) is 0 Å². The summed E-state index contributed by atoms with van der Waals surface area (Å²) in [4.78, 5) is 11.6. The zero-order valence-electron chi connectivity index (χ0n) is 9.63. The SMILES string of the molecule is COc1nc(N)nc(OCc2ccccc2Br)n1. The number of ether oxygens (including phenoxy) is 2. The van der Waals surface area contributed by atoms with Crippen LogP contribution in [0, 0.1) is 0 Å². The molecular formula is C11H11BrN4O2. The summed E-state index contributed by atoms with van der Waals surface area (Å²) in [6, 6.07) is 7.98. The lowest BCUT2D eigenvalue weighted by Crippen LogP contribution is -2.05. The first-order valence-electron chi connectivity index (χ1n) is 5.11. The molecule has 1 aromatic carbocycles. The predicted octanol–water partition coefficient (Wildman–Crippen LogP) is 1.80. The van der Waals surface area contributed by atoms with Crippen molar-refractivity contribution in [3.8, 4) is 12.0 Å². The van der Waals surface area contributed by atoms with Gasteiger partial charge < -0.3 is 15.2 Å². The highest BCUT2D eigenvalue weighted by atomic mass is 79.9. The zero-order valence-corrected chi connectivity index (χ0v) is 11.2. The Balaban J connectivity index is 2.11. The number of hydrogen-bond donors (Lipinski definition) is 1. The normalized spacial score (nSPS) is 10.1. The van der Waals surface area contributed by atoms with Crippen LogP contribution in [0.3, 0.4) is 0 Å². The van der Waals surface area contributed by atoms with Crippen molar-refractivity contribution in [3.63, 3.8) is 0 Å². The zero-order chi connectivity index (χ0) is 13.0. The summed E-state index contributed by atoms with van der Waals surface area (Å²) in [6.07, 6.45) is 0. The maximum atomic E-state index is 5.50. The summed E-state index contributed by atoms with van der Waals surface area (Å²) < 4.78 is 11.3. The third kappa shape index (κ3) is 3.07. The van der Waals surface area contributed by atoms with E-state index in [1.807, 2.05) is 24.3 Å². The smallest absolute Gasteiger partial charge is 0.324 e. The molecule has 0 saturated carbocycles. The highest BCUT2D eigenvalue weighted by Gasteiger charge is 2.06. The van der Waals surface area contributed by atoms with Gasteiger partial charge in [-0.05, 0) is 6.07 Å². The highest BCUT2D eigenvalue weighted by Crippen LogP contribution is 2.18. The number of nitrogen functional groups attached to an aromatic ring is 1. The van der Waals surface area contributed by atoms with Crippen LogP contribution >= 0.6 is 15.9 Å². The summed E-state index contributed by atoms with van der Waals surface area (Å²) in [6.45, 7) is 0.327. The summed E-state index contributed by atoms with van der Waals surface area (Å²) in [5.41, 5.74) is 6.48. The molecule has 0 amide bonds. The van der Waals surface area contributed by atoms with Crippen LogP contribution in [0.2, 0.25) is 0 Å². The minimum atomic E-state index is 0.0592. The number of anilines is 1. The van der Waals surface area contributed by atoms with E-state index >= 15 is 0 Å². The molecular weight excluding hydrogens is 300 g/mol. The molecule has 1 aromatic heterocycles. The molecule has 1 heterocycles. The van der Waals surface area contributed by atoms with Gasteiger partial charge in [-0.3, -0.25) is 0 Å². The Labute approximate surface area is 112 Å². The van der Waals surface area contributed by atoms with Gasteiger partial charge in [0.15, 0.2) is 0 Å². The van der Waals surface area contributed by atoms with E-state index < -0.39 is 0 Å². The third-order valence-corrected chi connectivity index (χ3v) is 2.88. The van der Waals surface area contributed by atoms with Gasteiger partial charge in [0.1, 0.15) is 6.61 Å². The summed E-state index contributed by atoms with van der Waals surface area (Å²) in [5.74, 6) is 0.0592. The first-order chi connectivity index (χ1) is 8.69. The molecule has 2 rings (SSSR count). The van der Waals surface area contributed by atoms with Gasteiger partial charge in [0.2, 0.25) is 5.95 Å². The number of hydrogen-bond acceptors (Lipinski definition) is 6. The van der Waals surface area contributed by atoms with Gasteiger partial charge in [-0.25, -0.2) is 0 Å². The lowest BCUT2D eigenvalue weighted by atomic mass is 10.2. The largest absolute Gasteiger partial charge is 0.467 e. The van der Waals surface area contributed by atoms with Crippen molar-refractivity contribution in [1.82, 2.24) is 15.0 Å². The second kappa shape index (κ2) is 5.63. The maximum absolute atomic E-state index is 5.50. The molecule has 6 nitrogen and oxygen atoms in total. The van der Waals surface area contributed by atoms with Crippen LogP contribution in [-0.4, -0.2) is 22.1 Å². The number of benzene rings is 1. The molecule has 0 spiro atoms. The molecule has 0 aliphatic heterocycles. The first kappa shape index (κ1) is 12.6. The monoisotopic (exact) mass is 310 g/mol. The van der Waals surface area contributed by atoms with Crippen LogP contribution in [0.4, 0.5) is 5.95 Å². The Morgan fingerprint density at radius 3 is 2.61 bits per heavy atom. The second-order valence-corrected chi connectivity index (χ2v) is 4.20. The van der Waals surface area contributed by atoms with Crippen LogP contribution in [0.15, 0.2) is 28.7 Å². The van der Waals surface area contributed by atoms with Crippen molar-refractivity contribution < 1.29 is 9.47 Å². The van der Waals surface area contributed by atoms with Crippen molar-refractivity contribution in [2.75, 3.05) is 12.8 Å². The minimum Gasteiger partial charge on any atom is -0.467 e. The molecule has 94 valence electrons. The first-order valence-corrected chi connectivity index (χ1v) is 5.90. The molecule has 0 fully saturated rings. The maximum Gasteiger partial charge on any atom is 0.324 e. The fraction of sp³-hybridized carbons (Fsp3) is 0.182. The molecule has 0 atom stereocenters. The summed E-state index contributed by atoms with van der Waals surface area (Å²) in [7, 11) is 1.45. The topological polar surface area (TPSA) is 83.2 Å². The number of rotatable bonds is 4. The van der Waals surface area contributed by atoms with Crippen molar-refractivity contribution >= 4 is 21.9 Å². The van der Waals surface area contributed by atoms with Gasteiger partial charge in [0.05, 0.1) is 7.11 Å². The van der Waals surface area contributed by atoms with Crippen LogP contribution in [0.25, 0.3) is 0 Å². The average Bonchev–Trinajstić information content (AvgIpc) is 2.37. The molecule has 0 bridgehead atoms. The number of nitrogens with two attached hydrogens (primary N) is 1. The highest BCUT2D eigenvalue weighted by molar-refractivity contribution is 9.10. The molecule has 2 aromatic rings. The summed E-state index contributed by atoms with van der Waals surface area (Å²) in [5, 5.41) is 0. The van der Waals surface area contributed by atoms with Crippen LogP contribution in [-0.2, 0) is 6.61 Å². The lowest BCUT2D eigenvalue weighted by molar-refractivity contribution is 0.270. The minimum absolute atomic E-state index is 0.0592. The van der Waals surface area contributed by atoms with Crippen molar-refractivity contribution in [2.45, 2.75) is 6.61 Å². The van der Waals surface area contributed by atoms with E-state index in [2.05, 4.69) is 30.9 Å². The number of methoxy groups -OCH3 is 1. The third-order valence-electron chi connectivity index (χ3n) is 2.11. The Hall–Kier alpha value is -1.89. The molecule has 18 heavy (non-hydrogen) atoms. The lowest BCUT2D eigenvalue weighted by Gasteiger charge is -2.07. The van der Waals surface area contributed by atoms with E-state index in [1.54, 1.807) is 0 Å². The van der Waals surface area contributed by atoms with Gasteiger partial charge in [-0.1, -0.05) is 34.1 Å².